The summed E-state index contributed by atoms with van der Waals surface area (Å²) in [5.74, 6) is 0.881. The number of carbonyl (C=O) groups excluding carboxylic acids is 1. The Hall–Kier alpha value is 0.130. The maximum atomic E-state index is 12.4. The minimum atomic E-state index is 0.144. The lowest BCUT2D eigenvalue weighted by Gasteiger charge is -2.33. The van der Waals surface area contributed by atoms with Crippen molar-refractivity contribution in [3.8, 4) is 0 Å². The Labute approximate surface area is 129 Å². The number of rotatable bonds is 2. The molecule has 2 nitrogen and oxygen atoms in total. The molecule has 0 aromatic carbocycles. The molecular weight excluding hydrogens is 378 g/mol. The molecule has 0 aliphatic heterocycles. The van der Waals surface area contributed by atoms with Crippen LogP contribution in [-0.4, -0.2) is 23.9 Å². The number of halogens is 2. The van der Waals surface area contributed by atoms with Crippen LogP contribution in [-0.2, 0) is 0 Å². The third-order valence-electron chi connectivity index (χ3n) is 3.63. The second-order valence-electron chi connectivity index (χ2n) is 5.07. The van der Waals surface area contributed by atoms with Crippen molar-refractivity contribution in [3.05, 3.63) is 19.2 Å². The third kappa shape index (κ3) is 3.17. The topological polar surface area (TPSA) is 20.3 Å². The molecule has 1 aromatic rings. The van der Waals surface area contributed by atoms with Crippen LogP contribution in [0.15, 0.2) is 14.3 Å². The van der Waals surface area contributed by atoms with Crippen molar-refractivity contribution in [1.82, 2.24) is 4.90 Å². The van der Waals surface area contributed by atoms with Crippen molar-refractivity contribution in [1.29, 1.82) is 0 Å². The fraction of sp³-hybridized carbons (Fsp3) is 0.615. The Kier molecular flexibility index (Phi) is 4.89. The average Bonchev–Trinajstić information content (AvgIpc) is 2.68. The normalized spacial score (nSPS) is 24.0. The van der Waals surface area contributed by atoms with Crippen LogP contribution in [0.1, 0.15) is 42.3 Å². The van der Waals surface area contributed by atoms with Gasteiger partial charge in [-0.15, -0.1) is 11.3 Å². The van der Waals surface area contributed by atoms with Crippen LogP contribution >= 0.6 is 43.2 Å². The van der Waals surface area contributed by atoms with E-state index in [0.717, 1.165) is 31.9 Å². The lowest BCUT2D eigenvalue weighted by molar-refractivity contribution is 0.0677. The fourth-order valence-electron chi connectivity index (χ4n) is 2.55. The van der Waals surface area contributed by atoms with Crippen molar-refractivity contribution < 1.29 is 4.79 Å². The van der Waals surface area contributed by atoms with Gasteiger partial charge < -0.3 is 4.90 Å². The smallest absolute Gasteiger partial charge is 0.263 e. The Bertz CT molecular complexity index is 427. The van der Waals surface area contributed by atoms with Gasteiger partial charge in [0.1, 0.15) is 0 Å². The molecule has 0 radical (unpaired) electrons. The summed E-state index contributed by atoms with van der Waals surface area (Å²) in [4.78, 5) is 15.1. The van der Waals surface area contributed by atoms with Crippen LogP contribution in [0, 0.1) is 5.92 Å². The van der Waals surface area contributed by atoms with Crippen LogP contribution in [0.25, 0.3) is 0 Å². The minimum Gasteiger partial charge on any atom is -0.338 e. The molecule has 0 saturated heterocycles. The molecule has 2 unspecified atom stereocenters. The third-order valence-corrected chi connectivity index (χ3v) is 6.88. The van der Waals surface area contributed by atoms with Crippen LogP contribution in [0.2, 0.25) is 0 Å². The first-order valence-corrected chi connectivity index (χ1v) is 8.61. The molecule has 1 aliphatic carbocycles. The van der Waals surface area contributed by atoms with E-state index >= 15 is 0 Å². The molecule has 2 rings (SSSR count). The van der Waals surface area contributed by atoms with Crippen molar-refractivity contribution in [3.63, 3.8) is 0 Å². The van der Waals surface area contributed by atoms with Gasteiger partial charge >= 0.3 is 0 Å². The first-order chi connectivity index (χ1) is 8.49. The molecule has 100 valence electrons. The van der Waals surface area contributed by atoms with Gasteiger partial charge in [0.2, 0.25) is 0 Å². The number of thiophene rings is 1. The Morgan fingerprint density at radius 3 is 2.72 bits per heavy atom. The van der Waals surface area contributed by atoms with Gasteiger partial charge in [0.15, 0.2) is 0 Å². The molecule has 2 atom stereocenters. The molecule has 1 aromatic heterocycles. The highest BCUT2D eigenvalue weighted by molar-refractivity contribution is 9.13. The maximum absolute atomic E-state index is 12.4. The van der Waals surface area contributed by atoms with Crippen molar-refractivity contribution in [2.24, 2.45) is 5.92 Å². The maximum Gasteiger partial charge on any atom is 0.263 e. The molecule has 0 bridgehead atoms. The van der Waals surface area contributed by atoms with Crippen molar-refractivity contribution in [2.45, 2.75) is 38.6 Å². The summed E-state index contributed by atoms with van der Waals surface area (Å²) in [6.45, 7) is 2.28. The predicted octanol–water partition coefficient (Wildman–Crippen LogP) is 4.92. The highest BCUT2D eigenvalue weighted by Crippen LogP contribution is 2.34. The zero-order valence-electron chi connectivity index (χ0n) is 10.6. The summed E-state index contributed by atoms with van der Waals surface area (Å²) in [5.41, 5.74) is 0. The number of amides is 1. The second kappa shape index (κ2) is 6.06. The Morgan fingerprint density at radius 1 is 1.44 bits per heavy atom. The molecular formula is C13H17Br2NOS. The van der Waals surface area contributed by atoms with Gasteiger partial charge in [-0.1, -0.05) is 19.8 Å². The monoisotopic (exact) mass is 393 g/mol. The number of hydrogen-bond donors (Lipinski definition) is 0. The van der Waals surface area contributed by atoms with E-state index in [2.05, 4.69) is 38.8 Å². The van der Waals surface area contributed by atoms with Gasteiger partial charge in [0.05, 0.1) is 8.66 Å². The van der Waals surface area contributed by atoms with E-state index < -0.39 is 0 Å². The second-order valence-corrected chi connectivity index (χ2v) is 8.30. The molecule has 1 heterocycles. The molecule has 1 aliphatic rings. The molecule has 0 spiro atoms. The molecule has 5 heteroatoms. The van der Waals surface area contributed by atoms with Crippen molar-refractivity contribution >= 4 is 49.1 Å². The molecule has 1 saturated carbocycles. The molecule has 0 N–H and O–H groups in total. The van der Waals surface area contributed by atoms with Gasteiger partial charge in [-0.05, 0) is 56.7 Å². The Morgan fingerprint density at radius 2 is 2.17 bits per heavy atom. The van der Waals surface area contributed by atoms with E-state index in [1.54, 1.807) is 0 Å². The van der Waals surface area contributed by atoms with E-state index in [1.807, 2.05) is 18.0 Å². The quantitative estimate of drug-likeness (QED) is 0.696. The molecule has 18 heavy (non-hydrogen) atoms. The van der Waals surface area contributed by atoms with Gasteiger partial charge in [-0.2, -0.15) is 0 Å². The molecule has 1 fully saturated rings. The predicted molar refractivity (Wildman–Crippen MR) is 83.2 cm³/mol. The summed E-state index contributed by atoms with van der Waals surface area (Å²) >= 11 is 8.37. The molecule has 1 amide bonds. The van der Waals surface area contributed by atoms with E-state index in [1.165, 1.54) is 24.2 Å². The first kappa shape index (κ1) is 14.5. The van der Waals surface area contributed by atoms with Crippen molar-refractivity contribution in [2.75, 3.05) is 7.05 Å². The fourth-order valence-corrected chi connectivity index (χ4v) is 4.56. The zero-order chi connectivity index (χ0) is 13.3. The van der Waals surface area contributed by atoms with E-state index in [4.69, 9.17) is 0 Å². The summed E-state index contributed by atoms with van der Waals surface area (Å²) in [5, 5.41) is 0. The first-order valence-electron chi connectivity index (χ1n) is 6.21. The van der Waals surface area contributed by atoms with E-state index in [0.29, 0.717) is 6.04 Å². The highest BCUT2D eigenvalue weighted by atomic mass is 79.9. The average molecular weight is 395 g/mol. The van der Waals surface area contributed by atoms with Gasteiger partial charge in [-0.3, -0.25) is 4.79 Å². The lowest BCUT2D eigenvalue weighted by atomic mass is 9.86. The van der Waals surface area contributed by atoms with Crippen LogP contribution in [0.5, 0.6) is 0 Å². The summed E-state index contributed by atoms with van der Waals surface area (Å²) in [6, 6.07) is 2.31. The van der Waals surface area contributed by atoms with E-state index in [9.17, 15) is 4.79 Å². The standard InChI is InChI=1S/C13H17Br2NOS/c1-8-4-3-5-9(6-8)16(2)13(17)11-7-10(14)12(15)18-11/h7-9H,3-6H2,1-2H3. The lowest BCUT2D eigenvalue weighted by Crippen LogP contribution is -2.39. The van der Waals surface area contributed by atoms with Gasteiger partial charge in [0.25, 0.3) is 5.91 Å². The number of nitrogens with zero attached hydrogens (tertiary/aromatic N) is 1. The Balaban J connectivity index is 2.08. The highest BCUT2D eigenvalue weighted by Gasteiger charge is 2.27. The zero-order valence-corrected chi connectivity index (χ0v) is 14.6. The van der Waals surface area contributed by atoms with Crippen LogP contribution < -0.4 is 0 Å². The largest absolute Gasteiger partial charge is 0.338 e. The minimum absolute atomic E-state index is 0.144. The van der Waals surface area contributed by atoms with Gasteiger partial charge in [-0.25, -0.2) is 0 Å². The van der Waals surface area contributed by atoms with E-state index in [-0.39, 0.29) is 5.91 Å². The number of hydrogen-bond acceptors (Lipinski definition) is 2. The van der Waals surface area contributed by atoms with Gasteiger partial charge in [0, 0.05) is 17.6 Å². The summed E-state index contributed by atoms with van der Waals surface area (Å²) in [7, 11) is 1.94. The summed E-state index contributed by atoms with van der Waals surface area (Å²) in [6.07, 6.45) is 4.81. The SMILES string of the molecule is CC1CCCC(N(C)C(=O)c2cc(Br)c(Br)s2)C1. The number of carbonyl (C=O) groups is 1. The summed E-state index contributed by atoms with van der Waals surface area (Å²) < 4.78 is 1.94. The van der Waals surface area contributed by atoms with Crippen LogP contribution in [0.4, 0.5) is 0 Å². The van der Waals surface area contributed by atoms with Crippen LogP contribution in [0.3, 0.4) is 0 Å².